The van der Waals surface area contributed by atoms with Crippen LogP contribution < -0.4 is 0 Å². The highest BCUT2D eigenvalue weighted by Gasteiger charge is 2.41. The third-order valence-electron chi connectivity index (χ3n) is 4.90. The SMILES string of the molecule is CCCCN1C(=O)c2[nH]nc(-c3ccc(Cl)cc3)c2C1c1cccc(Cl)c1. The first-order valence-corrected chi connectivity index (χ1v) is 9.76. The summed E-state index contributed by atoms with van der Waals surface area (Å²) < 4.78 is 0. The molecule has 4 nitrogen and oxygen atoms in total. The molecule has 1 N–H and O–H groups in total. The predicted octanol–water partition coefficient (Wildman–Crippen LogP) is 5.73. The van der Waals surface area contributed by atoms with Crippen LogP contribution in [0.25, 0.3) is 11.3 Å². The lowest BCUT2D eigenvalue weighted by Crippen LogP contribution is -2.30. The highest BCUT2D eigenvalue weighted by atomic mass is 35.5. The third kappa shape index (κ3) is 3.24. The van der Waals surface area contributed by atoms with Crippen molar-refractivity contribution in [3.8, 4) is 11.3 Å². The third-order valence-corrected chi connectivity index (χ3v) is 5.39. The van der Waals surface area contributed by atoms with E-state index in [2.05, 4.69) is 17.1 Å². The molecule has 1 unspecified atom stereocenters. The van der Waals surface area contributed by atoms with E-state index in [0.29, 0.717) is 22.3 Å². The molecule has 1 amide bonds. The topological polar surface area (TPSA) is 49.0 Å². The first kappa shape index (κ1) is 18.1. The Kier molecular flexibility index (Phi) is 4.94. The summed E-state index contributed by atoms with van der Waals surface area (Å²) in [4.78, 5) is 15.0. The van der Waals surface area contributed by atoms with Crippen LogP contribution in [0.1, 0.15) is 47.4 Å². The fourth-order valence-corrected chi connectivity index (χ4v) is 3.93. The van der Waals surface area contributed by atoms with E-state index in [1.54, 1.807) is 0 Å². The van der Waals surface area contributed by atoms with E-state index in [0.717, 1.165) is 35.2 Å². The highest BCUT2D eigenvalue weighted by molar-refractivity contribution is 6.31. The van der Waals surface area contributed by atoms with Gasteiger partial charge in [-0.1, -0.05) is 60.8 Å². The summed E-state index contributed by atoms with van der Waals surface area (Å²) in [5, 5.41) is 8.73. The van der Waals surface area contributed by atoms with E-state index in [1.165, 1.54) is 0 Å². The summed E-state index contributed by atoms with van der Waals surface area (Å²) in [5.41, 5.74) is 4.15. The van der Waals surface area contributed by atoms with Gasteiger partial charge in [0.1, 0.15) is 5.69 Å². The summed E-state index contributed by atoms with van der Waals surface area (Å²) in [7, 11) is 0. The number of nitrogens with zero attached hydrogens (tertiary/aromatic N) is 2. The lowest BCUT2D eigenvalue weighted by Gasteiger charge is -2.26. The number of carbonyl (C=O) groups excluding carboxylic acids is 1. The molecule has 1 aliphatic heterocycles. The monoisotopic (exact) mass is 399 g/mol. The lowest BCUT2D eigenvalue weighted by molar-refractivity contribution is 0.0741. The second-order valence-electron chi connectivity index (χ2n) is 6.68. The maximum Gasteiger partial charge on any atom is 0.273 e. The Labute approximate surface area is 168 Å². The number of halogens is 2. The van der Waals surface area contributed by atoms with Gasteiger partial charge in [-0.25, -0.2) is 0 Å². The van der Waals surface area contributed by atoms with Crippen LogP contribution in [0.3, 0.4) is 0 Å². The molecule has 1 atom stereocenters. The summed E-state index contributed by atoms with van der Waals surface area (Å²) in [6.07, 6.45) is 1.96. The first-order chi connectivity index (χ1) is 13.1. The predicted molar refractivity (Wildman–Crippen MR) is 108 cm³/mol. The average molecular weight is 400 g/mol. The molecule has 27 heavy (non-hydrogen) atoms. The molecule has 2 heterocycles. The Morgan fingerprint density at radius 1 is 1.11 bits per heavy atom. The largest absolute Gasteiger partial charge is 0.326 e. The van der Waals surface area contributed by atoms with Crippen LogP contribution in [-0.4, -0.2) is 27.5 Å². The van der Waals surface area contributed by atoms with Crippen molar-refractivity contribution in [1.82, 2.24) is 15.1 Å². The zero-order chi connectivity index (χ0) is 19.0. The quantitative estimate of drug-likeness (QED) is 0.595. The van der Waals surface area contributed by atoms with Gasteiger partial charge in [0.25, 0.3) is 5.91 Å². The molecule has 0 spiro atoms. The minimum absolute atomic E-state index is 0.0175. The summed E-state index contributed by atoms with van der Waals surface area (Å²) in [6, 6.07) is 15.0. The van der Waals surface area contributed by atoms with Crippen molar-refractivity contribution in [1.29, 1.82) is 0 Å². The van der Waals surface area contributed by atoms with Crippen LogP contribution in [-0.2, 0) is 0 Å². The molecule has 0 saturated carbocycles. The number of unbranched alkanes of at least 4 members (excludes halogenated alkanes) is 1. The standard InChI is InChI=1S/C21H19Cl2N3O/c1-2-3-11-26-20(14-5-4-6-16(23)12-14)17-18(24-25-19(17)21(26)27)13-7-9-15(22)10-8-13/h4-10,12,20H,2-3,11H2,1H3,(H,24,25). The number of rotatable bonds is 5. The average Bonchev–Trinajstić information content (AvgIpc) is 3.20. The first-order valence-electron chi connectivity index (χ1n) is 9.00. The molecular formula is C21H19Cl2N3O. The molecule has 4 rings (SSSR count). The van der Waals surface area contributed by atoms with Gasteiger partial charge in [0.05, 0.1) is 11.7 Å². The molecule has 0 radical (unpaired) electrons. The van der Waals surface area contributed by atoms with Crippen molar-refractivity contribution < 1.29 is 4.79 Å². The van der Waals surface area contributed by atoms with Crippen LogP contribution in [0.2, 0.25) is 10.0 Å². The van der Waals surface area contributed by atoms with E-state index in [1.807, 2.05) is 53.4 Å². The van der Waals surface area contributed by atoms with Gasteiger partial charge in [0, 0.05) is 27.7 Å². The number of aromatic amines is 1. The van der Waals surface area contributed by atoms with Crippen LogP contribution in [0.4, 0.5) is 0 Å². The Bertz CT molecular complexity index is 981. The van der Waals surface area contributed by atoms with Crippen LogP contribution in [0.5, 0.6) is 0 Å². The highest BCUT2D eigenvalue weighted by Crippen LogP contribution is 2.43. The molecule has 6 heteroatoms. The normalized spacial score (nSPS) is 16.0. The zero-order valence-corrected chi connectivity index (χ0v) is 16.4. The van der Waals surface area contributed by atoms with E-state index in [-0.39, 0.29) is 11.9 Å². The number of hydrogen-bond donors (Lipinski definition) is 1. The lowest BCUT2D eigenvalue weighted by atomic mass is 9.96. The van der Waals surface area contributed by atoms with Crippen molar-refractivity contribution >= 4 is 29.1 Å². The number of H-pyrrole nitrogens is 1. The number of fused-ring (bicyclic) bond motifs is 1. The minimum Gasteiger partial charge on any atom is -0.326 e. The smallest absolute Gasteiger partial charge is 0.273 e. The van der Waals surface area contributed by atoms with Gasteiger partial charge in [-0.15, -0.1) is 0 Å². The summed E-state index contributed by atoms with van der Waals surface area (Å²) in [6.45, 7) is 2.81. The Morgan fingerprint density at radius 3 is 2.59 bits per heavy atom. The van der Waals surface area contributed by atoms with Gasteiger partial charge < -0.3 is 4.90 Å². The fraction of sp³-hybridized carbons (Fsp3) is 0.238. The second kappa shape index (κ2) is 7.37. The van der Waals surface area contributed by atoms with Crippen LogP contribution in [0, 0.1) is 0 Å². The van der Waals surface area contributed by atoms with E-state index in [9.17, 15) is 4.79 Å². The van der Waals surface area contributed by atoms with Gasteiger partial charge in [-0.2, -0.15) is 5.10 Å². The Hall–Kier alpha value is -2.30. The number of nitrogens with one attached hydrogen (secondary N) is 1. The van der Waals surface area contributed by atoms with Gasteiger partial charge in [-0.05, 0) is 36.2 Å². The zero-order valence-electron chi connectivity index (χ0n) is 14.9. The maximum atomic E-state index is 13.1. The van der Waals surface area contributed by atoms with Gasteiger partial charge in [-0.3, -0.25) is 9.89 Å². The molecule has 138 valence electrons. The van der Waals surface area contributed by atoms with Crippen molar-refractivity contribution in [3.05, 3.63) is 75.4 Å². The molecule has 1 aromatic heterocycles. The molecule has 0 saturated heterocycles. The molecule has 0 aliphatic carbocycles. The van der Waals surface area contributed by atoms with E-state index < -0.39 is 0 Å². The maximum absolute atomic E-state index is 13.1. The summed E-state index contributed by atoms with van der Waals surface area (Å²) >= 11 is 12.3. The number of hydrogen-bond acceptors (Lipinski definition) is 2. The number of carbonyl (C=O) groups is 1. The molecule has 1 aliphatic rings. The molecule has 0 bridgehead atoms. The van der Waals surface area contributed by atoms with Crippen molar-refractivity contribution in [2.45, 2.75) is 25.8 Å². The van der Waals surface area contributed by atoms with E-state index in [4.69, 9.17) is 23.2 Å². The van der Waals surface area contributed by atoms with Crippen LogP contribution >= 0.6 is 23.2 Å². The molecule has 2 aromatic carbocycles. The molecular weight excluding hydrogens is 381 g/mol. The van der Waals surface area contributed by atoms with E-state index >= 15 is 0 Å². The van der Waals surface area contributed by atoms with Gasteiger partial charge in [0.2, 0.25) is 0 Å². The Morgan fingerprint density at radius 2 is 1.89 bits per heavy atom. The molecule has 0 fully saturated rings. The fourth-order valence-electron chi connectivity index (χ4n) is 3.61. The number of aromatic nitrogens is 2. The minimum atomic E-state index is -0.206. The van der Waals surface area contributed by atoms with Crippen molar-refractivity contribution in [2.75, 3.05) is 6.54 Å². The van der Waals surface area contributed by atoms with Gasteiger partial charge in [0.15, 0.2) is 0 Å². The molecule has 3 aromatic rings. The Balaban J connectivity index is 1.86. The second-order valence-corrected chi connectivity index (χ2v) is 7.55. The van der Waals surface area contributed by atoms with Crippen molar-refractivity contribution in [2.24, 2.45) is 0 Å². The van der Waals surface area contributed by atoms with Gasteiger partial charge >= 0.3 is 0 Å². The summed E-state index contributed by atoms with van der Waals surface area (Å²) in [5.74, 6) is -0.0175. The van der Waals surface area contributed by atoms with Crippen molar-refractivity contribution in [3.63, 3.8) is 0 Å². The van der Waals surface area contributed by atoms with Crippen LogP contribution in [0.15, 0.2) is 48.5 Å². The number of benzene rings is 2. The number of amides is 1.